The van der Waals surface area contributed by atoms with Crippen molar-refractivity contribution in [2.75, 3.05) is 18.4 Å². The largest absolute Gasteiger partial charge is 0.326 e. The molecule has 0 heterocycles. The Bertz CT molecular complexity index is 382. The quantitative estimate of drug-likeness (QED) is 0.740. The number of amides is 1. The van der Waals surface area contributed by atoms with Crippen molar-refractivity contribution >= 4 is 11.6 Å². The van der Waals surface area contributed by atoms with Crippen LogP contribution >= 0.6 is 0 Å². The Labute approximate surface area is 116 Å². The van der Waals surface area contributed by atoms with E-state index in [-0.39, 0.29) is 5.91 Å². The van der Waals surface area contributed by atoms with Crippen LogP contribution in [-0.4, -0.2) is 19.0 Å². The van der Waals surface area contributed by atoms with Crippen molar-refractivity contribution < 1.29 is 4.79 Å². The molecule has 1 aromatic rings. The van der Waals surface area contributed by atoms with E-state index in [1.165, 1.54) is 5.56 Å². The van der Waals surface area contributed by atoms with Crippen molar-refractivity contribution in [2.24, 2.45) is 5.92 Å². The molecule has 0 atom stereocenters. The van der Waals surface area contributed by atoms with Crippen molar-refractivity contribution in [2.45, 2.75) is 40.0 Å². The Morgan fingerprint density at radius 3 is 2.26 bits per heavy atom. The van der Waals surface area contributed by atoms with Gasteiger partial charge in [-0.1, -0.05) is 39.8 Å². The second kappa shape index (κ2) is 7.95. The first-order chi connectivity index (χ1) is 8.99. The summed E-state index contributed by atoms with van der Waals surface area (Å²) in [6.07, 6.45) is 0.513. The first kappa shape index (κ1) is 15.7. The Hall–Kier alpha value is -1.35. The van der Waals surface area contributed by atoms with Crippen molar-refractivity contribution in [3.63, 3.8) is 0 Å². The van der Waals surface area contributed by atoms with Gasteiger partial charge in [0.05, 0.1) is 0 Å². The lowest BCUT2D eigenvalue weighted by atomic mass is 10.0. The molecule has 0 aliphatic carbocycles. The maximum Gasteiger partial charge on any atom is 0.225 e. The number of carbonyl (C=O) groups excluding carboxylic acids is 1. The van der Waals surface area contributed by atoms with Crippen molar-refractivity contribution in [3.8, 4) is 0 Å². The lowest BCUT2D eigenvalue weighted by Crippen LogP contribution is -2.24. The molecule has 3 nitrogen and oxygen atoms in total. The molecule has 1 amide bonds. The van der Waals surface area contributed by atoms with E-state index < -0.39 is 0 Å². The fraction of sp³-hybridized carbons (Fsp3) is 0.562. The highest BCUT2D eigenvalue weighted by Crippen LogP contribution is 2.17. The Balaban J connectivity index is 2.32. The molecule has 0 spiro atoms. The maximum atomic E-state index is 11.7. The van der Waals surface area contributed by atoms with Gasteiger partial charge in [-0.2, -0.15) is 0 Å². The summed E-state index contributed by atoms with van der Waals surface area (Å²) < 4.78 is 0. The zero-order chi connectivity index (χ0) is 14.3. The van der Waals surface area contributed by atoms with Gasteiger partial charge in [0.15, 0.2) is 0 Å². The van der Waals surface area contributed by atoms with Crippen LogP contribution in [0.2, 0.25) is 0 Å². The third-order valence-electron chi connectivity index (χ3n) is 2.94. The fourth-order valence-electron chi connectivity index (χ4n) is 1.77. The van der Waals surface area contributed by atoms with E-state index in [0.29, 0.717) is 18.3 Å². The second-order valence-electron chi connectivity index (χ2n) is 5.67. The van der Waals surface area contributed by atoms with Crippen LogP contribution in [0.1, 0.15) is 45.6 Å². The van der Waals surface area contributed by atoms with E-state index in [4.69, 9.17) is 0 Å². The van der Waals surface area contributed by atoms with E-state index in [1.807, 2.05) is 12.1 Å². The summed E-state index contributed by atoms with van der Waals surface area (Å²) in [5.74, 6) is 1.20. The number of nitrogens with one attached hydrogen (secondary N) is 2. The molecule has 19 heavy (non-hydrogen) atoms. The lowest BCUT2D eigenvalue weighted by molar-refractivity contribution is -0.116. The number of rotatable bonds is 7. The van der Waals surface area contributed by atoms with E-state index in [0.717, 1.165) is 18.8 Å². The summed E-state index contributed by atoms with van der Waals surface area (Å²) in [5, 5.41) is 6.18. The first-order valence-corrected chi connectivity index (χ1v) is 7.09. The molecule has 1 rings (SSSR count). The van der Waals surface area contributed by atoms with Crippen LogP contribution in [0.15, 0.2) is 24.3 Å². The van der Waals surface area contributed by atoms with E-state index in [1.54, 1.807) is 0 Å². The van der Waals surface area contributed by atoms with E-state index in [9.17, 15) is 4.79 Å². The van der Waals surface area contributed by atoms with Gasteiger partial charge in [-0.05, 0) is 36.1 Å². The predicted octanol–water partition coefficient (Wildman–Crippen LogP) is 3.38. The van der Waals surface area contributed by atoms with Gasteiger partial charge in [0, 0.05) is 18.7 Å². The summed E-state index contributed by atoms with van der Waals surface area (Å²) in [5.41, 5.74) is 2.16. The van der Waals surface area contributed by atoms with E-state index >= 15 is 0 Å². The predicted molar refractivity (Wildman–Crippen MR) is 81.5 cm³/mol. The molecule has 0 bridgehead atoms. The molecule has 106 valence electrons. The van der Waals surface area contributed by atoms with Crippen LogP contribution in [0.3, 0.4) is 0 Å². The molecule has 0 radical (unpaired) electrons. The fourth-order valence-corrected chi connectivity index (χ4v) is 1.77. The molecule has 0 aliphatic rings. The van der Waals surface area contributed by atoms with E-state index in [2.05, 4.69) is 50.5 Å². The van der Waals surface area contributed by atoms with Crippen LogP contribution in [0.5, 0.6) is 0 Å². The lowest BCUT2D eigenvalue weighted by Gasteiger charge is -2.09. The van der Waals surface area contributed by atoms with Gasteiger partial charge in [0.2, 0.25) is 5.91 Å². The highest BCUT2D eigenvalue weighted by atomic mass is 16.1. The molecular weight excluding hydrogens is 236 g/mol. The molecular formula is C16H26N2O. The molecule has 0 saturated carbocycles. The van der Waals surface area contributed by atoms with Crippen molar-refractivity contribution in [1.29, 1.82) is 0 Å². The summed E-state index contributed by atoms with van der Waals surface area (Å²) in [4.78, 5) is 11.7. The summed E-state index contributed by atoms with van der Waals surface area (Å²) >= 11 is 0. The summed E-state index contributed by atoms with van der Waals surface area (Å²) in [7, 11) is 0. The van der Waals surface area contributed by atoms with Gasteiger partial charge >= 0.3 is 0 Å². The third-order valence-corrected chi connectivity index (χ3v) is 2.94. The van der Waals surface area contributed by atoms with Crippen molar-refractivity contribution in [3.05, 3.63) is 29.8 Å². The minimum atomic E-state index is 0.0635. The third kappa shape index (κ3) is 6.39. The number of benzene rings is 1. The average Bonchev–Trinajstić information content (AvgIpc) is 2.35. The molecule has 0 fully saturated rings. The molecule has 0 aromatic heterocycles. The molecule has 0 unspecified atom stereocenters. The second-order valence-corrected chi connectivity index (χ2v) is 5.67. The monoisotopic (exact) mass is 262 g/mol. The summed E-state index contributed by atoms with van der Waals surface area (Å²) in [6, 6.07) is 8.07. The van der Waals surface area contributed by atoms with Gasteiger partial charge < -0.3 is 10.6 Å². The normalized spacial score (nSPS) is 11.1. The van der Waals surface area contributed by atoms with Gasteiger partial charge in [0.25, 0.3) is 0 Å². The first-order valence-electron chi connectivity index (χ1n) is 7.09. The number of carbonyl (C=O) groups is 1. The zero-order valence-corrected chi connectivity index (χ0v) is 12.5. The molecule has 3 heteroatoms. The van der Waals surface area contributed by atoms with Crippen molar-refractivity contribution in [1.82, 2.24) is 5.32 Å². The number of hydrogen-bond donors (Lipinski definition) is 2. The van der Waals surface area contributed by atoms with Crippen LogP contribution in [0, 0.1) is 5.92 Å². The van der Waals surface area contributed by atoms with Crippen LogP contribution in [0.25, 0.3) is 0 Å². The average molecular weight is 262 g/mol. The van der Waals surface area contributed by atoms with Crippen LogP contribution in [0.4, 0.5) is 5.69 Å². The minimum Gasteiger partial charge on any atom is -0.326 e. The minimum absolute atomic E-state index is 0.0635. The van der Waals surface area contributed by atoms with Gasteiger partial charge in [-0.3, -0.25) is 4.79 Å². The smallest absolute Gasteiger partial charge is 0.225 e. The van der Waals surface area contributed by atoms with Gasteiger partial charge in [0.1, 0.15) is 0 Å². The highest BCUT2D eigenvalue weighted by molar-refractivity contribution is 5.90. The Morgan fingerprint density at radius 2 is 1.74 bits per heavy atom. The highest BCUT2D eigenvalue weighted by Gasteiger charge is 2.03. The SMILES string of the molecule is CC(C)CNCCC(=O)Nc1ccc(C(C)C)cc1. The van der Waals surface area contributed by atoms with Crippen LogP contribution in [-0.2, 0) is 4.79 Å². The zero-order valence-electron chi connectivity index (χ0n) is 12.5. The van der Waals surface area contributed by atoms with Gasteiger partial charge in [-0.15, -0.1) is 0 Å². The standard InChI is InChI=1S/C16H26N2O/c1-12(2)11-17-10-9-16(19)18-15-7-5-14(6-8-15)13(3)4/h5-8,12-13,17H,9-11H2,1-4H3,(H,18,19). The molecule has 0 saturated heterocycles. The Kier molecular flexibility index (Phi) is 6.57. The van der Waals surface area contributed by atoms with Crippen LogP contribution < -0.4 is 10.6 Å². The molecule has 1 aromatic carbocycles. The summed E-state index contributed by atoms with van der Waals surface area (Å²) in [6.45, 7) is 10.3. The van der Waals surface area contributed by atoms with Gasteiger partial charge in [-0.25, -0.2) is 0 Å². The topological polar surface area (TPSA) is 41.1 Å². The maximum absolute atomic E-state index is 11.7. The number of anilines is 1. The molecule has 0 aliphatic heterocycles. The Morgan fingerprint density at radius 1 is 1.11 bits per heavy atom. The number of hydrogen-bond acceptors (Lipinski definition) is 2. The molecule has 2 N–H and O–H groups in total.